The number of rotatable bonds is 1. The molecule has 0 radical (unpaired) electrons. The van der Waals surface area contributed by atoms with E-state index in [1.165, 1.54) is 4.90 Å². The Morgan fingerprint density at radius 1 is 1.25 bits per heavy atom. The first kappa shape index (κ1) is 11.3. The lowest BCUT2D eigenvalue weighted by Gasteiger charge is -2.32. The number of methoxy groups -OCH3 is 1. The second-order valence-corrected chi connectivity index (χ2v) is 4.71. The van der Waals surface area contributed by atoms with Gasteiger partial charge in [0.2, 0.25) is 11.8 Å². The zero-order valence-electron chi connectivity index (χ0n) is 10.1. The third-order valence-corrected chi connectivity index (χ3v) is 3.74. The molecule has 2 aliphatic rings. The molecule has 1 fully saturated rings. The van der Waals surface area contributed by atoms with Crippen LogP contribution in [0.3, 0.4) is 0 Å². The summed E-state index contributed by atoms with van der Waals surface area (Å²) < 4.78 is 5.36. The van der Waals surface area contributed by atoms with E-state index in [9.17, 15) is 9.59 Å². The first-order chi connectivity index (χ1) is 7.49. The minimum absolute atomic E-state index is 0.0756. The topological polar surface area (TPSA) is 46.6 Å². The number of hydrogen-bond donors (Lipinski definition) is 0. The Bertz CT molecular complexity index is 374. The van der Waals surface area contributed by atoms with Gasteiger partial charge in [0.15, 0.2) is 0 Å². The molecule has 4 heteroatoms. The molecular weight excluding hydrogens is 206 g/mol. The quantitative estimate of drug-likeness (QED) is 0.488. The molecule has 0 aromatic heterocycles. The second kappa shape index (κ2) is 3.70. The maximum absolute atomic E-state index is 12.0. The first-order valence-corrected chi connectivity index (χ1v) is 5.51. The van der Waals surface area contributed by atoms with Crippen molar-refractivity contribution in [3.8, 4) is 0 Å². The van der Waals surface area contributed by atoms with Gasteiger partial charge in [-0.3, -0.25) is 14.5 Å². The molecule has 0 aromatic rings. The van der Waals surface area contributed by atoms with Crippen molar-refractivity contribution in [1.29, 1.82) is 0 Å². The Kier molecular flexibility index (Phi) is 2.62. The van der Waals surface area contributed by atoms with E-state index in [1.807, 2.05) is 19.9 Å². The molecule has 0 saturated carbocycles. The van der Waals surface area contributed by atoms with Gasteiger partial charge in [-0.15, -0.1) is 0 Å². The van der Waals surface area contributed by atoms with Crippen molar-refractivity contribution in [2.45, 2.75) is 20.0 Å². The van der Waals surface area contributed by atoms with Crippen molar-refractivity contribution in [2.75, 3.05) is 14.2 Å². The van der Waals surface area contributed by atoms with Crippen LogP contribution in [-0.4, -0.2) is 37.0 Å². The Labute approximate surface area is 95.2 Å². The number of ether oxygens (including phenoxy) is 1. The van der Waals surface area contributed by atoms with E-state index in [0.717, 1.165) is 5.57 Å². The first-order valence-electron chi connectivity index (χ1n) is 5.51. The molecule has 16 heavy (non-hydrogen) atoms. The third-order valence-electron chi connectivity index (χ3n) is 3.74. The fourth-order valence-electron chi connectivity index (χ4n) is 2.96. The highest BCUT2D eigenvalue weighted by atomic mass is 16.5. The number of amides is 2. The predicted molar refractivity (Wildman–Crippen MR) is 58.5 cm³/mol. The van der Waals surface area contributed by atoms with Crippen molar-refractivity contribution in [1.82, 2.24) is 4.90 Å². The number of fused-ring (bicyclic) bond motifs is 1. The molecule has 0 bridgehead atoms. The van der Waals surface area contributed by atoms with Gasteiger partial charge in [0.25, 0.3) is 0 Å². The normalized spacial score (nSPS) is 38.8. The van der Waals surface area contributed by atoms with E-state index in [-0.39, 0.29) is 35.7 Å². The number of carbonyl (C=O) groups is 2. The van der Waals surface area contributed by atoms with Gasteiger partial charge in [-0.1, -0.05) is 13.0 Å². The zero-order chi connectivity index (χ0) is 12.0. The summed E-state index contributed by atoms with van der Waals surface area (Å²) in [5, 5.41) is 0. The van der Waals surface area contributed by atoms with Crippen molar-refractivity contribution < 1.29 is 14.3 Å². The minimum Gasteiger partial charge on any atom is -0.376 e. The molecule has 1 heterocycles. The minimum atomic E-state index is -0.331. The van der Waals surface area contributed by atoms with Gasteiger partial charge in [-0.25, -0.2) is 0 Å². The van der Waals surface area contributed by atoms with Crippen LogP contribution in [0.5, 0.6) is 0 Å². The fourth-order valence-corrected chi connectivity index (χ4v) is 2.96. The number of carbonyl (C=O) groups excluding carboxylic acids is 2. The van der Waals surface area contributed by atoms with Crippen LogP contribution in [0.2, 0.25) is 0 Å². The molecule has 2 amide bonds. The largest absolute Gasteiger partial charge is 0.376 e. The molecule has 1 aliphatic carbocycles. The summed E-state index contributed by atoms with van der Waals surface area (Å²) in [6.45, 7) is 3.94. The van der Waals surface area contributed by atoms with Crippen LogP contribution in [0, 0.1) is 17.8 Å². The summed E-state index contributed by atoms with van der Waals surface area (Å²) in [5.41, 5.74) is 1.05. The molecule has 1 aliphatic heterocycles. The van der Waals surface area contributed by atoms with Crippen LogP contribution in [0.4, 0.5) is 0 Å². The number of hydrogen-bond acceptors (Lipinski definition) is 3. The molecule has 0 N–H and O–H groups in total. The molecule has 4 atom stereocenters. The van der Waals surface area contributed by atoms with E-state index in [0.29, 0.717) is 0 Å². The number of nitrogens with zero attached hydrogens (tertiary/aromatic N) is 1. The van der Waals surface area contributed by atoms with Crippen LogP contribution >= 0.6 is 0 Å². The molecule has 4 nitrogen and oxygen atoms in total. The maximum atomic E-state index is 12.0. The summed E-state index contributed by atoms with van der Waals surface area (Å²) in [6.07, 6.45) is 1.79. The molecular formula is C12H17NO3. The van der Waals surface area contributed by atoms with Gasteiger partial charge in [-0.05, 0) is 18.4 Å². The van der Waals surface area contributed by atoms with Crippen molar-refractivity contribution in [3.05, 3.63) is 11.6 Å². The van der Waals surface area contributed by atoms with Crippen molar-refractivity contribution in [2.24, 2.45) is 17.8 Å². The molecule has 0 spiro atoms. The molecule has 0 aromatic carbocycles. The average Bonchev–Trinajstić information content (AvgIpc) is 2.45. The van der Waals surface area contributed by atoms with Gasteiger partial charge < -0.3 is 4.74 Å². The Morgan fingerprint density at radius 2 is 1.81 bits per heavy atom. The smallest absolute Gasteiger partial charge is 0.235 e. The number of likely N-dealkylation sites (tertiary alicyclic amines) is 1. The summed E-state index contributed by atoms with van der Waals surface area (Å²) in [5.74, 6) is -0.652. The van der Waals surface area contributed by atoms with Gasteiger partial charge in [0.1, 0.15) is 0 Å². The maximum Gasteiger partial charge on any atom is 0.235 e. The monoisotopic (exact) mass is 223 g/mol. The molecule has 1 saturated heterocycles. The van der Waals surface area contributed by atoms with Gasteiger partial charge >= 0.3 is 0 Å². The number of imide groups is 1. The van der Waals surface area contributed by atoms with Crippen LogP contribution in [-0.2, 0) is 14.3 Å². The SMILES string of the molecule is CO[C@@H]1C(C)=C[C@H](C)[C@@H]2C(=O)N(C)C(=O)[C@@H]21. The van der Waals surface area contributed by atoms with E-state index in [1.54, 1.807) is 14.2 Å². The van der Waals surface area contributed by atoms with Crippen LogP contribution in [0.1, 0.15) is 13.8 Å². The highest BCUT2D eigenvalue weighted by Crippen LogP contribution is 2.41. The molecule has 0 unspecified atom stereocenters. The lowest BCUT2D eigenvalue weighted by atomic mass is 9.74. The Morgan fingerprint density at radius 3 is 2.38 bits per heavy atom. The van der Waals surface area contributed by atoms with Gasteiger partial charge in [0.05, 0.1) is 17.9 Å². The fraction of sp³-hybridized carbons (Fsp3) is 0.667. The second-order valence-electron chi connectivity index (χ2n) is 4.71. The lowest BCUT2D eigenvalue weighted by molar-refractivity contribution is -0.138. The zero-order valence-corrected chi connectivity index (χ0v) is 10.1. The van der Waals surface area contributed by atoms with E-state index in [2.05, 4.69) is 0 Å². The lowest BCUT2D eigenvalue weighted by Crippen LogP contribution is -2.39. The van der Waals surface area contributed by atoms with Crippen LogP contribution in [0.15, 0.2) is 11.6 Å². The third kappa shape index (κ3) is 1.33. The van der Waals surface area contributed by atoms with Crippen LogP contribution < -0.4 is 0 Å². The standard InChI is InChI=1S/C12H17NO3/c1-6-5-7(2)10(16-4)9-8(6)11(14)13(3)12(9)15/h5-6,8-10H,1-4H3/t6-,8-,9-,10+/m0/s1. The molecule has 2 rings (SSSR count). The van der Waals surface area contributed by atoms with Crippen molar-refractivity contribution in [3.63, 3.8) is 0 Å². The number of allylic oxidation sites excluding steroid dienone is 1. The highest BCUT2D eigenvalue weighted by Gasteiger charge is 2.53. The molecule has 88 valence electrons. The van der Waals surface area contributed by atoms with E-state index < -0.39 is 0 Å². The van der Waals surface area contributed by atoms with Crippen LogP contribution in [0.25, 0.3) is 0 Å². The summed E-state index contributed by atoms with van der Waals surface area (Å²) >= 11 is 0. The average molecular weight is 223 g/mol. The van der Waals surface area contributed by atoms with E-state index in [4.69, 9.17) is 4.74 Å². The Balaban J connectivity index is 2.45. The predicted octanol–water partition coefficient (Wildman–Crippen LogP) is 0.828. The highest BCUT2D eigenvalue weighted by molar-refractivity contribution is 6.05. The summed E-state index contributed by atoms with van der Waals surface area (Å²) in [7, 11) is 3.14. The van der Waals surface area contributed by atoms with Gasteiger partial charge in [0, 0.05) is 14.2 Å². The summed E-state index contributed by atoms with van der Waals surface area (Å²) in [4.78, 5) is 25.2. The Hall–Kier alpha value is -1.16. The van der Waals surface area contributed by atoms with Crippen molar-refractivity contribution >= 4 is 11.8 Å². The van der Waals surface area contributed by atoms with E-state index >= 15 is 0 Å². The summed E-state index contributed by atoms with van der Waals surface area (Å²) in [6, 6.07) is 0. The van der Waals surface area contributed by atoms with Gasteiger partial charge in [-0.2, -0.15) is 0 Å².